The Morgan fingerprint density at radius 3 is 2.54 bits per heavy atom. The number of benzene rings is 1. The van der Waals surface area contributed by atoms with Crippen molar-refractivity contribution in [3.63, 3.8) is 0 Å². The molecule has 1 heterocycles. The summed E-state index contributed by atoms with van der Waals surface area (Å²) in [5.41, 5.74) is 3.30. The Labute approximate surface area is 174 Å². The Morgan fingerprint density at radius 1 is 1.14 bits per heavy atom. The van der Waals surface area contributed by atoms with Gasteiger partial charge in [-0.1, -0.05) is 74.9 Å². The number of para-hydroxylation sites is 1. The lowest BCUT2D eigenvalue weighted by molar-refractivity contribution is -0.111. The van der Waals surface area contributed by atoms with E-state index in [9.17, 15) is 4.79 Å². The molecule has 2 atom stereocenters. The fourth-order valence-electron chi connectivity index (χ4n) is 3.45. The van der Waals surface area contributed by atoms with Crippen LogP contribution in [0.15, 0.2) is 77.9 Å². The molecule has 2 nitrogen and oxygen atoms in total. The van der Waals surface area contributed by atoms with E-state index in [2.05, 4.69) is 63.0 Å². The molecule has 1 aromatic carbocycles. The number of hydrogen-bond donors (Lipinski definition) is 1. The highest BCUT2D eigenvalue weighted by Gasteiger charge is 2.35. The molecule has 2 unspecified atom stereocenters. The van der Waals surface area contributed by atoms with Gasteiger partial charge in [0, 0.05) is 17.0 Å². The third-order valence-electron chi connectivity index (χ3n) is 5.22. The number of thioether (sulfide) groups is 1. The average molecular weight is 396 g/mol. The van der Waals surface area contributed by atoms with E-state index in [1.54, 1.807) is 6.08 Å². The maximum absolute atomic E-state index is 12.0. The van der Waals surface area contributed by atoms with Gasteiger partial charge in [-0.3, -0.25) is 4.79 Å². The summed E-state index contributed by atoms with van der Waals surface area (Å²) in [5.74, 6) is 1.75. The highest BCUT2D eigenvalue weighted by molar-refractivity contribution is 7.99. The predicted octanol–water partition coefficient (Wildman–Crippen LogP) is 6.80. The van der Waals surface area contributed by atoms with Crippen molar-refractivity contribution >= 4 is 23.4 Å². The van der Waals surface area contributed by atoms with Crippen LogP contribution in [0.5, 0.6) is 0 Å². The van der Waals surface area contributed by atoms with Gasteiger partial charge in [-0.25, -0.2) is 0 Å². The molecule has 1 fully saturated rings. The molecule has 1 aliphatic rings. The van der Waals surface area contributed by atoms with Crippen molar-refractivity contribution in [3.8, 4) is 0 Å². The number of hydrogen-bond acceptors (Lipinski definition) is 2. The van der Waals surface area contributed by atoms with Gasteiger partial charge in [0.2, 0.25) is 5.91 Å². The second kappa shape index (κ2) is 10.5. The van der Waals surface area contributed by atoms with Crippen molar-refractivity contribution in [3.05, 3.63) is 77.9 Å². The maximum atomic E-state index is 12.0. The van der Waals surface area contributed by atoms with Gasteiger partial charge in [-0.15, -0.1) is 0 Å². The molecule has 150 valence electrons. The van der Waals surface area contributed by atoms with Crippen molar-refractivity contribution in [2.24, 2.45) is 11.3 Å². The Morgan fingerprint density at radius 2 is 1.86 bits per heavy atom. The fraction of sp³-hybridized carbons (Fsp3) is 0.400. The molecule has 0 saturated carbocycles. The maximum Gasteiger partial charge on any atom is 0.248 e. The van der Waals surface area contributed by atoms with Gasteiger partial charge in [0.1, 0.15) is 0 Å². The smallest absolute Gasteiger partial charge is 0.248 e. The molecule has 1 aromatic rings. The van der Waals surface area contributed by atoms with E-state index in [-0.39, 0.29) is 5.91 Å². The second-order valence-electron chi connectivity index (χ2n) is 8.21. The second-order valence-corrected chi connectivity index (χ2v) is 9.70. The highest BCUT2D eigenvalue weighted by Crippen LogP contribution is 2.44. The van der Waals surface area contributed by atoms with E-state index >= 15 is 0 Å². The van der Waals surface area contributed by atoms with Crippen molar-refractivity contribution in [2.45, 2.75) is 46.3 Å². The normalized spacial score (nSPS) is 23.3. The first-order valence-electron chi connectivity index (χ1n) is 9.97. The molecule has 1 saturated heterocycles. The van der Waals surface area contributed by atoms with E-state index < -0.39 is 0 Å². The van der Waals surface area contributed by atoms with Crippen LogP contribution in [0.3, 0.4) is 0 Å². The third-order valence-corrected chi connectivity index (χ3v) is 6.48. The van der Waals surface area contributed by atoms with Gasteiger partial charge in [-0.2, -0.15) is 11.8 Å². The van der Waals surface area contributed by atoms with E-state index in [0.717, 1.165) is 11.3 Å². The minimum Gasteiger partial charge on any atom is -0.323 e. The monoisotopic (exact) mass is 395 g/mol. The predicted molar refractivity (Wildman–Crippen MR) is 125 cm³/mol. The van der Waals surface area contributed by atoms with E-state index in [1.807, 2.05) is 49.4 Å². The van der Waals surface area contributed by atoms with E-state index in [4.69, 9.17) is 0 Å². The number of rotatable bonds is 6. The number of carbonyl (C=O) groups excluding carboxylic acids is 1. The summed E-state index contributed by atoms with van der Waals surface area (Å²) in [5, 5.41) is 3.53. The summed E-state index contributed by atoms with van der Waals surface area (Å²) in [4.78, 5) is 12.0. The summed E-state index contributed by atoms with van der Waals surface area (Å²) >= 11 is 2.08. The SMILES string of the molecule is CC(/C=C/C1C(C)SCCC1(C)C)=C\C=C\C(C)=C\C(=O)Nc1ccccc1. The first kappa shape index (κ1) is 22.3. The Balaban J connectivity index is 1.92. The minimum atomic E-state index is -0.111. The van der Waals surface area contributed by atoms with Gasteiger partial charge in [-0.05, 0) is 55.1 Å². The van der Waals surface area contributed by atoms with Crippen LogP contribution >= 0.6 is 11.8 Å². The molecule has 1 aliphatic heterocycles. The van der Waals surface area contributed by atoms with E-state index in [0.29, 0.717) is 16.6 Å². The zero-order valence-electron chi connectivity index (χ0n) is 17.7. The van der Waals surface area contributed by atoms with Crippen molar-refractivity contribution in [1.29, 1.82) is 0 Å². The number of nitrogens with one attached hydrogen (secondary N) is 1. The largest absolute Gasteiger partial charge is 0.323 e. The van der Waals surface area contributed by atoms with Crippen LogP contribution in [0.25, 0.3) is 0 Å². The van der Waals surface area contributed by atoms with Crippen LogP contribution in [-0.4, -0.2) is 16.9 Å². The Kier molecular flexibility index (Phi) is 8.37. The number of carbonyl (C=O) groups is 1. The van der Waals surface area contributed by atoms with Gasteiger partial charge < -0.3 is 5.32 Å². The third kappa shape index (κ3) is 7.20. The van der Waals surface area contributed by atoms with Crippen molar-refractivity contribution < 1.29 is 4.79 Å². The number of amides is 1. The molecule has 1 amide bonds. The lowest BCUT2D eigenvalue weighted by Crippen LogP contribution is -2.34. The lowest BCUT2D eigenvalue weighted by Gasteiger charge is -2.41. The standard InChI is InChI=1S/C25H33NOS/c1-19(14-15-23-21(3)28-17-16-25(23,4)5)10-9-11-20(2)18-24(27)26-22-12-7-6-8-13-22/h6-15,18,21,23H,16-17H2,1-5H3,(H,26,27)/b11-9+,15-14+,19-10+,20-18+. The Bertz CT molecular complexity index is 771. The molecule has 0 aliphatic carbocycles. The summed E-state index contributed by atoms with van der Waals surface area (Å²) in [6.45, 7) is 11.2. The molecule has 0 spiro atoms. The number of allylic oxidation sites excluding steroid dienone is 7. The van der Waals surface area contributed by atoms with Crippen molar-refractivity contribution in [1.82, 2.24) is 0 Å². The molecule has 28 heavy (non-hydrogen) atoms. The molecule has 2 rings (SSSR count). The highest BCUT2D eigenvalue weighted by atomic mass is 32.2. The van der Waals surface area contributed by atoms with Crippen LogP contribution in [-0.2, 0) is 4.79 Å². The molecular formula is C25H33NOS. The molecule has 0 radical (unpaired) electrons. The fourth-order valence-corrected chi connectivity index (χ4v) is 5.13. The van der Waals surface area contributed by atoms with E-state index in [1.165, 1.54) is 17.7 Å². The first-order valence-corrected chi connectivity index (χ1v) is 11.0. The van der Waals surface area contributed by atoms with Crippen LogP contribution in [0.1, 0.15) is 41.0 Å². The average Bonchev–Trinajstić information content (AvgIpc) is 2.61. The topological polar surface area (TPSA) is 29.1 Å². The van der Waals surface area contributed by atoms with Gasteiger partial charge in [0.25, 0.3) is 0 Å². The molecule has 3 heteroatoms. The number of anilines is 1. The summed E-state index contributed by atoms with van der Waals surface area (Å²) in [7, 11) is 0. The molecular weight excluding hydrogens is 362 g/mol. The van der Waals surface area contributed by atoms with Crippen LogP contribution in [0.4, 0.5) is 5.69 Å². The summed E-state index contributed by atoms with van der Waals surface area (Å²) < 4.78 is 0. The van der Waals surface area contributed by atoms with Crippen LogP contribution < -0.4 is 5.32 Å². The van der Waals surface area contributed by atoms with Gasteiger partial charge >= 0.3 is 0 Å². The van der Waals surface area contributed by atoms with Crippen molar-refractivity contribution in [2.75, 3.05) is 11.1 Å². The first-order chi connectivity index (χ1) is 13.3. The zero-order valence-corrected chi connectivity index (χ0v) is 18.6. The summed E-state index contributed by atoms with van der Waals surface area (Å²) in [6.07, 6.45) is 13.6. The minimum absolute atomic E-state index is 0.111. The van der Waals surface area contributed by atoms with Gasteiger partial charge in [0.15, 0.2) is 0 Å². The quantitative estimate of drug-likeness (QED) is 0.424. The molecule has 0 bridgehead atoms. The molecule has 1 N–H and O–H groups in total. The van der Waals surface area contributed by atoms with Crippen LogP contribution in [0, 0.1) is 11.3 Å². The molecule has 0 aromatic heterocycles. The van der Waals surface area contributed by atoms with Gasteiger partial charge in [0.05, 0.1) is 0 Å². The van der Waals surface area contributed by atoms with Crippen LogP contribution in [0.2, 0.25) is 0 Å². The summed E-state index contributed by atoms with van der Waals surface area (Å²) in [6, 6.07) is 9.49. The lowest BCUT2D eigenvalue weighted by atomic mass is 9.74. The zero-order chi connectivity index (χ0) is 20.6. The Hall–Kier alpha value is -2.00.